The van der Waals surface area contributed by atoms with Gasteiger partial charge < -0.3 is 20.4 Å². The molecule has 0 saturated heterocycles. The Labute approximate surface area is 153 Å². The zero-order valence-electron chi connectivity index (χ0n) is 16.2. The first-order valence-electron chi connectivity index (χ1n) is 9.38. The van der Waals surface area contributed by atoms with E-state index in [0.717, 1.165) is 48.8 Å². The van der Waals surface area contributed by atoms with Crippen molar-refractivity contribution in [3.63, 3.8) is 0 Å². The number of hydrogen-bond donors (Lipinski definition) is 4. The molecule has 0 amide bonds. The Balaban J connectivity index is 4.24. The second-order valence-electron chi connectivity index (χ2n) is 7.20. The lowest BCUT2D eigenvalue weighted by Gasteiger charge is -2.17. The molecule has 0 bridgehead atoms. The zero-order valence-corrected chi connectivity index (χ0v) is 16.2. The summed E-state index contributed by atoms with van der Waals surface area (Å²) in [6.45, 7) is 10.2. The predicted molar refractivity (Wildman–Crippen MR) is 104 cm³/mol. The summed E-state index contributed by atoms with van der Waals surface area (Å²) in [6, 6.07) is 0. The molecule has 0 aliphatic rings. The highest BCUT2D eigenvalue weighted by Crippen LogP contribution is 2.20. The molecule has 25 heavy (non-hydrogen) atoms. The molecule has 0 heterocycles. The fourth-order valence-electron chi connectivity index (χ4n) is 2.65. The van der Waals surface area contributed by atoms with Crippen molar-refractivity contribution in [2.24, 2.45) is 11.8 Å². The molecule has 0 aliphatic carbocycles. The van der Waals surface area contributed by atoms with Crippen LogP contribution in [0.3, 0.4) is 0 Å². The van der Waals surface area contributed by atoms with Crippen LogP contribution in [0.25, 0.3) is 0 Å². The van der Waals surface area contributed by atoms with Crippen molar-refractivity contribution in [3.05, 3.63) is 35.5 Å². The van der Waals surface area contributed by atoms with Crippen LogP contribution < -0.4 is 0 Å². The molecule has 0 aromatic heterocycles. The smallest absolute Gasteiger partial charge is 0.0784 e. The molecule has 0 saturated carbocycles. The van der Waals surface area contributed by atoms with Gasteiger partial charge in [0, 0.05) is 6.61 Å². The molecule has 2 unspecified atom stereocenters. The number of rotatable bonds is 14. The summed E-state index contributed by atoms with van der Waals surface area (Å²) in [7, 11) is 0. The van der Waals surface area contributed by atoms with Crippen LogP contribution in [0.2, 0.25) is 0 Å². The van der Waals surface area contributed by atoms with Gasteiger partial charge in [0.25, 0.3) is 0 Å². The molecule has 146 valence electrons. The van der Waals surface area contributed by atoms with E-state index in [1.165, 1.54) is 0 Å². The van der Waals surface area contributed by atoms with Crippen molar-refractivity contribution in [2.75, 3.05) is 19.8 Å². The Bertz CT molecular complexity index is 424. The van der Waals surface area contributed by atoms with Gasteiger partial charge >= 0.3 is 0 Å². The van der Waals surface area contributed by atoms with Gasteiger partial charge in [-0.1, -0.05) is 38.2 Å². The molecule has 4 nitrogen and oxygen atoms in total. The van der Waals surface area contributed by atoms with Crippen LogP contribution in [-0.4, -0.2) is 46.4 Å². The topological polar surface area (TPSA) is 80.9 Å². The van der Waals surface area contributed by atoms with E-state index >= 15 is 0 Å². The van der Waals surface area contributed by atoms with Crippen molar-refractivity contribution in [3.8, 4) is 0 Å². The van der Waals surface area contributed by atoms with Gasteiger partial charge in [-0.25, -0.2) is 0 Å². The van der Waals surface area contributed by atoms with Gasteiger partial charge in [-0.2, -0.15) is 0 Å². The Morgan fingerprint density at radius 2 is 1.76 bits per heavy atom. The van der Waals surface area contributed by atoms with E-state index in [9.17, 15) is 10.2 Å². The Morgan fingerprint density at radius 1 is 1.08 bits per heavy atom. The molecule has 0 aromatic carbocycles. The Hall–Kier alpha value is -0.940. The highest BCUT2D eigenvalue weighted by Gasteiger charge is 2.11. The van der Waals surface area contributed by atoms with Gasteiger partial charge in [-0.05, 0) is 68.4 Å². The quantitative estimate of drug-likeness (QED) is 0.361. The molecule has 4 heteroatoms. The van der Waals surface area contributed by atoms with Gasteiger partial charge in [-0.15, -0.1) is 0 Å². The molecule has 0 aromatic rings. The van der Waals surface area contributed by atoms with E-state index in [-0.39, 0.29) is 25.7 Å². The van der Waals surface area contributed by atoms with Crippen LogP contribution in [-0.2, 0) is 0 Å². The minimum Gasteiger partial charge on any atom is -0.396 e. The normalized spacial score (nSPS) is 15.5. The second-order valence-corrected chi connectivity index (χ2v) is 7.20. The molecule has 4 N–H and O–H groups in total. The van der Waals surface area contributed by atoms with Crippen LogP contribution in [0, 0.1) is 11.8 Å². The van der Waals surface area contributed by atoms with Crippen LogP contribution in [0.1, 0.15) is 59.3 Å². The number of aliphatic hydroxyl groups is 4. The fourth-order valence-corrected chi connectivity index (χ4v) is 2.65. The number of aliphatic hydroxyl groups excluding tert-OH is 4. The first-order chi connectivity index (χ1) is 11.8. The average molecular weight is 355 g/mol. The van der Waals surface area contributed by atoms with Crippen molar-refractivity contribution < 1.29 is 20.4 Å². The third-order valence-electron chi connectivity index (χ3n) is 4.79. The lowest BCUT2D eigenvalue weighted by atomic mass is 9.93. The maximum atomic E-state index is 10.2. The molecule has 0 radical (unpaired) electrons. The van der Waals surface area contributed by atoms with Crippen LogP contribution >= 0.6 is 0 Å². The largest absolute Gasteiger partial charge is 0.396 e. The van der Waals surface area contributed by atoms with Crippen molar-refractivity contribution in [2.45, 2.75) is 65.4 Å². The van der Waals surface area contributed by atoms with E-state index in [4.69, 9.17) is 10.2 Å². The minimum absolute atomic E-state index is 0.0220. The second kappa shape index (κ2) is 14.3. The molecular weight excluding hydrogens is 316 g/mol. The maximum absolute atomic E-state index is 10.2. The summed E-state index contributed by atoms with van der Waals surface area (Å²) in [4.78, 5) is 0. The van der Waals surface area contributed by atoms with E-state index in [2.05, 4.69) is 26.5 Å². The van der Waals surface area contributed by atoms with Crippen LogP contribution in [0.4, 0.5) is 0 Å². The highest BCUT2D eigenvalue weighted by molar-refractivity contribution is 5.11. The third-order valence-corrected chi connectivity index (χ3v) is 4.79. The first kappa shape index (κ1) is 24.1. The number of hydrogen-bond acceptors (Lipinski definition) is 4. The monoisotopic (exact) mass is 354 g/mol. The summed E-state index contributed by atoms with van der Waals surface area (Å²) in [6.07, 6.45) is 8.07. The van der Waals surface area contributed by atoms with E-state index in [0.29, 0.717) is 12.3 Å². The summed E-state index contributed by atoms with van der Waals surface area (Å²) < 4.78 is 0. The Morgan fingerprint density at radius 3 is 2.28 bits per heavy atom. The molecule has 0 spiro atoms. The van der Waals surface area contributed by atoms with Gasteiger partial charge in [0.15, 0.2) is 0 Å². The van der Waals surface area contributed by atoms with E-state index in [1.807, 2.05) is 6.92 Å². The average Bonchev–Trinajstić information content (AvgIpc) is 2.58. The van der Waals surface area contributed by atoms with Gasteiger partial charge in [0.2, 0.25) is 0 Å². The number of allylic oxidation sites excluding steroid dienone is 1. The third kappa shape index (κ3) is 11.3. The predicted octanol–water partition coefficient (Wildman–Crippen LogP) is 3.37. The van der Waals surface area contributed by atoms with Crippen molar-refractivity contribution in [1.82, 2.24) is 0 Å². The standard InChI is InChI=1S/C21H38O4/c1-16(2)18(4)13-21(25)17(3)7-5-8-19(14-23)9-6-10-20(15-24)11-12-22/h7,11,16,19,21-25H,4-6,8-10,12-15H2,1-3H3. The van der Waals surface area contributed by atoms with Gasteiger partial charge in [-0.3, -0.25) is 0 Å². The minimum atomic E-state index is -0.474. The van der Waals surface area contributed by atoms with Gasteiger partial charge in [0.05, 0.1) is 19.3 Å². The van der Waals surface area contributed by atoms with Crippen molar-refractivity contribution >= 4 is 0 Å². The molecule has 0 rings (SSSR count). The lowest BCUT2D eigenvalue weighted by Crippen LogP contribution is -2.11. The molecular formula is C21H38O4. The van der Waals surface area contributed by atoms with E-state index in [1.54, 1.807) is 6.08 Å². The molecule has 0 aliphatic heterocycles. The van der Waals surface area contributed by atoms with Crippen LogP contribution in [0.5, 0.6) is 0 Å². The Kier molecular flexibility index (Phi) is 13.7. The first-order valence-corrected chi connectivity index (χ1v) is 9.38. The zero-order chi connectivity index (χ0) is 19.2. The van der Waals surface area contributed by atoms with Crippen molar-refractivity contribution in [1.29, 1.82) is 0 Å². The fraction of sp³-hybridized carbons (Fsp3) is 0.714. The SMILES string of the molecule is C=C(CC(O)C(C)=CCCC(CO)CCCC(=CCO)CO)C(C)C. The van der Waals surface area contributed by atoms with E-state index < -0.39 is 6.10 Å². The maximum Gasteiger partial charge on any atom is 0.0784 e. The van der Waals surface area contributed by atoms with Gasteiger partial charge in [0.1, 0.15) is 0 Å². The van der Waals surface area contributed by atoms with Crippen LogP contribution in [0.15, 0.2) is 35.5 Å². The molecule has 0 fully saturated rings. The highest BCUT2D eigenvalue weighted by atomic mass is 16.3. The summed E-state index contributed by atoms with van der Waals surface area (Å²) >= 11 is 0. The lowest BCUT2D eigenvalue weighted by molar-refractivity contribution is 0.204. The summed E-state index contributed by atoms with van der Waals surface area (Å²) in [5.41, 5.74) is 2.87. The molecule has 2 atom stereocenters. The summed E-state index contributed by atoms with van der Waals surface area (Å²) in [5.74, 6) is 0.603. The summed E-state index contributed by atoms with van der Waals surface area (Å²) in [5, 5.41) is 37.8.